The minimum Gasteiger partial charge on any atom is -0.337 e. The molecule has 3 aromatic rings. The Bertz CT molecular complexity index is 1280. The van der Waals surface area contributed by atoms with Gasteiger partial charge in [-0.15, -0.1) is 0 Å². The monoisotopic (exact) mass is 501 g/mol. The number of benzene rings is 1. The fourth-order valence-electron chi connectivity index (χ4n) is 5.56. The molecule has 0 aliphatic carbocycles. The zero-order valence-corrected chi connectivity index (χ0v) is 21.5. The van der Waals surface area contributed by atoms with Gasteiger partial charge in [0, 0.05) is 25.2 Å². The predicted octanol–water partition coefficient (Wildman–Crippen LogP) is 3.98. The average molecular weight is 502 g/mol. The number of para-hydroxylation sites is 1. The van der Waals surface area contributed by atoms with E-state index in [1.807, 2.05) is 17.0 Å². The summed E-state index contributed by atoms with van der Waals surface area (Å²) in [5.41, 5.74) is 3.95. The van der Waals surface area contributed by atoms with Crippen LogP contribution in [-0.2, 0) is 4.79 Å². The van der Waals surface area contributed by atoms with E-state index in [1.54, 1.807) is 6.07 Å². The summed E-state index contributed by atoms with van der Waals surface area (Å²) in [5.74, 6) is 0.227. The minimum atomic E-state index is -0.291. The van der Waals surface area contributed by atoms with Crippen LogP contribution in [-0.4, -0.2) is 74.1 Å². The number of nitrogens with one attached hydrogen (secondary N) is 1. The Morgan fingerprint density at radius 1 is 1.05 bits per heavy atom. The molecule has 2 aliphatic rings. The molecule has 0 bridgehead atoms. The standard InChI is InChI=1S/C28H35N7O2/c1-20-9-8-11-24-25(20)35(28(31-24)32-26(36)22-12-13-29-30-17-22)23-10-4-7-16-34(19-23)27(37)21(2)18-33-14-5-3-6-15-33/h8-9,11-13,17,23H,2-7,10,14-16,18-19H2,1H3,(H,31,32,36)/t23-/m1/s1. The minimum absolute atomic E-state index is 0.0220. The normalized spacial score (nSPS) is 18.9. The molecular formula is C28H35N7O2. The number of imidazole rings is 1. The van der Waals surface area contributed by atoms with Crippen LogP contribution in [0.15, 0.2) is 48.8 Å². The Kier molecular flexibility index (Phi) is 7.60. The number of fused-ring (bicyclic) bond motifs is 1. The van der Waals surface area contributed by atoms with Gasteiger partial charge in [-0.1, -0.05) is 25.1 Å². The third-order valence-electron chi connectivity index (χ3n) is 7.45. The fourth-order valence-corrected chi connectivity index (χ4v) is 5.56. The van der Waals surface area contributed by atoms with Crippen LogP contribution in [0.25, 0.3) is 11.0 Å². The summed E-state index contributed by atoms with van der Waals surface area (Å²) < 4.78 is 2.12. The number of nitrogens with zero attached hydrogens (tertiary/aromatic N) is 6. The topological polar surface area (TPSA) is 96.2 Å². The van der Waals surface area contributed by atoms with Crippen molar-refractivity contribution in [2.45, 2.75) is 51.5 Å². The third kappa shape index (κ3) is 5.56. The summed E-state index contributed by atoms with van der Waals surface area (Å²) in [5, 5.41) is 10.6. The molecule has 0 saturated carbocycles. The Balaban J connectivity index is 1.42. The van der Waals surface area contributed by atoms with Crippen LogP contribution in [0.5, 0.6) is 0 Å². The number of likely N-dealkylation sites (tertiary alicyclic amines) is 2. The van der Waals surface area contributed by atoms with Gasteiger partial charge in [0.1, 0.15) is 0 Å². The van der Waals surface area contributed by atoms with E-state index in [1.165, 1.54) is 31.7 Å². The summed E-state index contributed by atoms with van der Waals surface area (Å²) in [6, 6.07) is 7.59. The molecule has 37 heavy (non-hydrogen) atoms. The smallest absolute Gasteiger partial charge is 0.259 e. The number of hydrogen-bond acceptors (Lipinski definition) is 6. The molecule has 2 aromatic heterocycles. The summed E-state index contributed by atoms with van der Waals surface area (Å²) in [7, 11) is 0. The molecule has 2 amide bonds. The zero-order valence-electron chi connectivity index (χ0n) is 21.5. The third-order valence-corrected chi connectivity index (χ3v) is 7.45. The molecule has 5 rings (SSSR count). The van der Waals surface area contributed by atoms with E-state index in [0.29, 0.717) is 36.7 Å². The zero-order chi connectivity index (χ0) is 25.8. The van der Waals surface area contributed by atoms with Crippen molar-refractivity contribution in [2.75, 3.05) is 38.0 Å². The molecular weight excluding hydrogens is 466 g/mol. The maximum Gasteiger partial charge on any atom is 0.259 e. The number of hydrogen-bond donors (Lipinski definition) is 1. The van der Waals surface area contributed by atoms with Crippen LogP contribution in [0, 0.1) is 6.92 Å². The number of carbonyl (C=O) groups excluding carboxylic acids is 2. The van der Waals surface area contributed by atoms with Crippen molar-refractivity contribution in [3.8, 4) is 0 Å². The molecule has 4 heterocycles. The SMILES string of the molecule is C=C(CN1CCCCC1)C(=O)N1CCCC[C@@H](n2c(NC(=O)c3ccnnc3)nc3cccc(C)c32)C1. The molecule has 1 N–H and O–H groups in total. The van der Waals surface area contributed by atoms with Crippen molar-refractivity contribution in [3.05, 3.63) is 59.9 Å². The lowest BCUT2D eigenvalue weighted by molar-refractivity contribution is -0.127. The fraction of sp³-hybridized carbons (Fsp3) is 0.464. The van der Waals surface area contributed by atoms with Crippen molar-refractivity contribution in [2.24, 2.45) is 0 Å². The number of aryl methyl sites for hydroxylation is 1. The first kappa shape index (κ1) is 25.1. The van der Waals surface area contributed by atoms with Gasteiger partial charge in [-0.3, -0.25) is 19.8 Å². The van der Waals surface area contributed by atoms with Crippen molar-refractivity contribution in [1.82, 2.24) is 29.5 Å². The highest BCUT2D eigenvalue weighted by atomic mass is 16.2. The van der Waals surface area contributed by atoms with Gasteiger partial charge in [-0.05, 0) is 69.8 Å². The Hall–Kier alpha value is -3.59. The second kappa shape index (κ2) is 11.2. The Labute approximate surface area is 217 Å². The largest absolute Gasteiger partial charge is 0.337 e. The lowest BCUT2D eigenvalue weighted by atomic mass is 10.1. The molecule has 194 valence electrons. The van der Waals surface area contributed by atoms with E-state index in [0.717, 1.165) is 48.9 Å². The van der Waals surface area contributed by atoms with Crippen LogP contribution in [0.3, 0.4) is 0 Å². The predicted molar refractivity (Wildman–Crippen MR) is 143 cm³/mol. The molecule has 0 unspecified atom stereocenters. The number of carbonyl (C=O) groups is 2. The summed E-state index contributed by atoms with van der Waals surface area (Å²) in [6.45, 7) is 10.2. The summed E-state index contributed by atoms with van der Waals surface area (Å²) in [6.07, 6.45) is 9.38. The van der Waals surface area contributed by atoms with E-state index >= 15 is 0 Å². The van der Waals surface area contributed by atoms with E-state index in [9.17, 15) is 9.59 Å². The number of anilines is 1. The van der Waals surface area contributed by atoms with Gasteiger partial charge < -0.3 is 9.47 Å². The second-order valence-corrected chi connectivity index (χ2v) is 10.2. The van der Waals surface area contributed by atoms with Crippen molar-refractivity contribution >= 4 is 28.8 Å². The van der Waals surface area contributed by atoms with Gasteiger partial charge in [-0.2, -0.15) is 10.2 Å². The highest BCUT2D eigenvalue weighted by Gasteiger charge is 2.29. The Morgan fingerprint density at radius 3 is 2.65 bits per heavy atom. The van der Waals surface area contributed by atoms with E-state index in [2.05, 4.69) is 44.6 Å². The maximum absolute atomic E-state index is 13.5. The maximum atomic E-state index is 13.5. The van der Waals surface area contributed by atoms with Gasteiger partial charge in [-0.25, -0.2) is 4.98 Å². The quantitative estimate of drug-likeness (QED) is 0.513. The number of aromatic nitrogens is 4. The number of rotatable bonds is 6. The second-order valence-electron chi connectivity index (χ2n) is 10.2. The van der Waals surface area contributed by atoms with Crippen molar-refractivity contribution in [1.29, 1.82) is 0 Å². The van der Waals surface area contributed by atoms with E-state index in [-0.39, 0.29) is 17.9 Å². The van der Waals surface area contributed by atoms with E-state index < -0.39 is 0 Å². The summed E-state index contributed by atoms with van der Waals surface area (Å²) >= 11 is 0. The van der Waals surface area contributed by atoms with Gasteiger partial charge in [0.15, 0.2) is 0 Å². The van der Waals surface area contributed by atoms with Crippen molar-refractivity contribution < 1.29 is 9.59 Å². The molecule has 2 aliphatic heterocycles. The van der Waals surface area contributed by atoms with Crippen LogP contribution < -0.4 is 5.32 Å². The van der Waals surface area contributed by atoms with Gasteiger partial charge in [0.05, 0.1) is 35.0 Å². The molecule has 1 atom stereocenters. The Morgan fingerprint density at radius 2 is 1.86 bits per heavy atom. The van der Waals surface area contributed by atoms with Crippen molar-refractivity contribution in [3.63, 3.8) is 0 Å². The van der Waals surface area contributed by atoms with Gasteiger partial charge in [0.2, 0.25) is 5.95 Å². The molecule has 2 fully saturated rings. The average Bonchev–Trinajstić information content (AvgIpc) is 3.11. The highest BCUT2D eigenvalue weighted by molar-refractivity contribution is 6.04. The van der Waals surface area contributed by atoms with Gasteiger partial charge >= 0.3 is 0 Å². The first-order valence-corrected chi connectivity index (χ1v) is 13.3. The van der Waals surface area contributed by atoms with Gasteiger partial charge in [0.25, 0.3) is 11.8 Å². The van der Waals surface area contributed by atoms with Crippen LogP contribution in [0.1, 0.15) is 60.5 Å². The molecule has 9 heteroatoms. The lowest BCUT2D eigenvalue weighted by Crippen LogP contribution is -2.40. The first-order valence-electron chi connectivity index (χ1n) is 13.3. The lowest BCUT2D eigenvalue weighted by Gasteiger charge is -2.30. The highest BCUT2D eigenvalue weighted by Crippen LogP contribution is 2.32. The van der Waals surface area contributed by atoms with Crippen LogP contribution in [0.4, 0.5) is 5.95 Å². The molecule has 2 saturated heterocycles. The molecule has 0 radical (unpaired) electrons. The number of amides is 2. The first-order chi connectivity index (χ1) is 18.0. The van der Waals surface area contributed by atoms with Crippen LogP contribution in [0.2, 0.25) is 0 Å². The molecule has 1 aromatic carbocycles. The van der Waals surface area contributed by atoms with Crippen LogP contribution >= 0.6 is 0 Å². The summed E-state index contributed by atoms with van der Waals surface area (Å²) in [4.78, 5) is 35.6. The number of piperidine rings is 1. The molecule has 0 spiro atoms. The van der Waals surface area contributed by atoms with E-state index in [4.69, 9.17) is 4.98 Å². The molecule has 9 nitrogen and oxygen atoms in total.